The summed E-state index contributed by atoms with van der Waals surface area (Å²) < 4.78 is 0. The van der Waals surface area contributed by atoms with E-state index >= 15 is 0 Å². The molecule has 4 rings (SSSR count). The quantitative estimate of drug-likeness (QED) is 0.421. The molecule has 1 aromatic heterocycles. The van der Waals surface area contributed by atoms with Crippen molar-refractivity contribution in [1.29, 1.82) is 0 Å². The van der Waals surface area contributed by atoms with E-state index in [4.69, 9.17) is 0 Å². The number of hydrogen-bond acceptors (Lipinski definition) is 2. The minimum Gasteiger partial charge on any atom is -0.311 e. The Hall–Kier alpha value is -3.39. The third kappa shape index (κ3) is 3.35. The van der Waals surface area contributed by atoms with Crippen LogP contribution in [0, 0.1) is 6.92 Å². The summed E-state index contributed by atoms with van der Waals surface area (Å²) in [6.45, 7) is 2.09. The first-order valence-electron chi connectivity index (χ1n) is 8.74. The molecule has 0 N–H and O–H groups in total. The Morgan fingerprint density at radius 3 is 1.69 bits per heavy atom. The largest absolute Gasteiger partial charge is 0.311 e. The maximum Gasteiger partial charge on any atom is 0.0704 e. The van der Waals surface area contributed by atoms with Gasteiger partial charge in [0.2, 0.25) is 0 Å². The molecule has 4 aromatic rings. The fourth-order valence-corrected chi connectivity index (χ4v) is 3.08. The van der Waals surface area contributed by atoms with E-state index in [0.717, 1.165) is 28.3 Å². The second kappa shape index (κ2) is 7.24. The van der Waals surface area contributed by atoms with Crippen LogP contribution in [0.2, 0.25) is 0 Å². The molecule has 2 heteroatoms. The molecule has 0 aliphatic heterocycles. The number of aryl methyl sites for hydroxylation is 1. The molecule has 0 spiro atoms. The van der Waals surface area contributed by atoms with Crippen LogP contribution in [0.15, 0.2) is 103 Å². The first-order valence-corrected chi connectivity index (χ1v) is 8.74. The van der Waals surface area contributed by atoms with Crippen LogP contribution in [0.5, 0.6) is 0 Å². The third-order valence-corrected chi connectivity index (χ3v) is 4.37. The van der Waals surface area contributed by atoms with Crippen molar-refractivity contribution >= 4 is 17.1 Å². The second-order valence-corrected chi connectivity index (χ2v) is 6.27. The molecule has 0 saturated heterocycles. The van der Waals surface area contributed by atoms with Crippen molar-refractivity contribution < 1.29 is 0 Å². The molecule has 0 atom stereocenters. The van der Waals surface area contributed by atoms with Gasteiger partial charge in [-0.3, -0.25) is 4.98 Å². The number of hydrogen-bond donors (Lipinski definition) is 0. The molecule has 0 fully saturated rings. The maximum absolute atomic E-state index is 4.49. The Morgan fingerprint density at radius 2 is 1.15 bits per heavy atom. The first-order chi connectivity index (χ1) is 12.8. The molecule has 0 aliphatic carbocycles. The topological polar surface area (TPSA) is 16.1 Å². The molecule has 0 aliphatic rings. The molecule has 0 radical (unpaired) electrons. The van der Waals surface area contributed by atoms with Gasteiger partial charge in [0.05, 0.1) is 5.69 Å². The lowest BCUT2D eigenvalue weighted by molar-refractivity contribution is 1.27. The Morgan fingerprint density at radius 1 is 0.615 bits per heavy atom. The number of pyridine rings is 1. The highest BCUT2D eigenvalue weighted by atomic mass is 15.1. The zero-order valence-electron chi connectivity index (χ0n) is 14.7. The average Bonchev–Trinajstić information content (AvgIpc) is 2.70. The van der Waals surface area contributed by atoms with Crippen LogP contribution in [-0.2, 0) is 0 Å². The summed E-state index contributed by atoms with van der Waals surface area (Å²) >= 11 is 0. The molecule has 2 nitrogen and oxygen atoms in total. The minimum atomic E-state index is 1.00. The number of aromatic nitrogens is 1. The van der Waals surface area contributed by atoms with E-state index in [1.165, 1.54) is 5.56 Å². The summed E-state index contributed by atoms with van der Waals surface area (Å²) in [5.41, 5.74) is 6.74. The average molecular weight is 336 g/mol. The SMILES string of the molecule is Cc1ccnc(-c2ccc(N(c3ccccc3)c3ccccc3)cc2)c1. The summed E-state index contributed by atoms with van der Waals surface area (Å²) in [4.78, 5) is 6.74. The van der Waals surface area contributed by atoms with Gasteiger partial charge in [-0.15, -0.1) is 0 Å². The number of para-hydroxylation sites is 2. The van der Waals surface area contributed by atoms with Gasteiger partial charge in [0, 0.05) is 28.8 Å². The van der Waals surface area contributed by atoms with E-state index in [1.807, 2.05) is 24.4 Å². The van der Waals surface area contributed by atoms with E-state index < -0.39 is 0 Å². The molecular formula is C24H20N2. The highest BCUT2D eigenvalue weighted by molar-refractivity contribution is 5.77. The molecule has 126 valence electrons. The Labute approximate surface area is 154 Å². The van der Waals surface area contributed by atoms with Gasteiger partial charge in [0.25, 0.3) is 0 Å². The zero-order chi connectivity index (χ0) is 17.8. The number of rotatable bonds is 4. The van der Waals surface area contributed by atoms with E-state index in [9.17, 15) is 0 Å². The van der Waals surface area contributed by atoms with Crippen molar-refractivity contribution in [2.45, 2.75) is 6.92 Å². The monoisotopic (exact) mass is 336 g/mol. The van der Waals surface area contributed by atoms with Crippen molar-refractivity contribution in [1.82, 2.24) is 4.98 Å². The van der Waals surface area contributed by atoms with Crippen LogP contribution in [0.4, 0.5) is 17.1 Å². The Balaban J connectivity index is 1.75. The van der Waals surface area contributed by atoms with Gasteiger partial charge in [0.15, 0.2) is 0 Å². The molecule has 26 heavy (non-hydrogen) atoms. The lowest BCUT2D eigenvalue weighted by atomic mass is 10.1. The van der Waals surface area contributed by atoms with Crippen molar-refractivity contribution in [3.05, 3.63) is 109 Å². The molecule has 0 amide bonds. The maximum atomic E-state index is 4.49. The molecule has 0 bridgehead atoms. The van der Waals surface area contributed by atoms with Crippen LogP contribution < -0.4 is 4.90 Å². The van der Waals surface area contributed by atoms with Crippen LogP contribution in [0.3, 0.4) is 0 Å². The number of nitrogens with zero attached hydrogens (tertiary/aromatic N) is 2. The molecule has 0 saturated carbocycles. The molecule has 0 unspecified atom stereocenters. The number of anilines is 3. The smallest absolute Gasteiger partial charge is 0.0704 e. The van der Waals surface area contributed by atoms with Crippen LogP contribution in [0.25, 0.3) is 11.3 Å². The van der Waals surface area contributed by atoms with Gasteiger partial charge in [-0.2, -0.15) is 0 Å². The summed E-state index contributed by atoms with van der Waals surface area (Å²) in [5.74, 6) is 0. The van der Waals surface area contributed by atoms with Crippen molar-refractivity contribution in [3.63, 3.8) is 0 Å². The summed E-state index contributed by atoms with van der Waals surface area (Å²) in [6.07, 6.45) is 1.86. The number of benzene rings is 3. The lowest BCUT2D eigenvalue weighted by Gasteiger charge is -2.25. The van der Waals surface area contributed by atoms with Crippen molar-refractivity contribution in [3.8, 4) is 11.3 Å². The highest BCUT2D eigenvalue weighted by Crippen LogP contribution is 2.34. The minimum absolute atomic E-state index is 1.00. The van der Waals surface area contributed by atoms with Gasteiger partial charge in [0.1, 0.15) is 0 Å². The van der Waals surface area contributed by atoms with Crippen molar-refractivity contribution in [2.24, 2.45) is 0 Å². The molecular weight excluding hydrogens is 316 g/mol. The van der Waals surface area contributed by atoms with Crippen LogP contribution >= 0.6 is 0 Å². The fraction of sp³-hybridized carbons (Fsp3) is 0.0417. The van der Waals surface area contributed by atoms with E-state index in [-0.39, 0.29) is 0 Å². The Kier molecular flexibility index (Phi) is 4.48. The van der Waals surface area contributed by atoms with Crippen molar-refractivity contribution in [2.75, 3.05) is 4.90 Å². The van der Waals surface area contributed by atoms with Gasteiger partial charge in [-0.05, 0) is 61.0 Å². The van der Waals surface area contributed by atoms with Crippen LogP contribution in [-0.4, -0.2) is 4.98 Å². The van der Waals surface area contributed by atoms with Gasteiger partial charge < -0.3 is 4.90 Å². The van der Waals surface area contributed by atoms with Crippen LogP contribution in [0.1, 0.15) is 5.56 Å². The lowest BCUT2D eigenvalue weighted by Crippen LogP contribution is -2.09. The summed E-state index contributed by atoms with van der Waals surface area (Å²) in [5, 5.41) is 0. The third-order valence-electron chi connectivity index (χ3n) is 4.37. The van der Waals surface area contributed by atoms with Gasteiger partial charge in [-0.1, -0.05) is 48.5 Å². The van der Waals surface area contributed by atoms with E-state index in [0.29, 0.717) is 0 Å². The zero-order valence-corrected chi connectivity index (χ0v) is 14.7. The predicted molar refractivity (Wildman–Crippen MR) is 109 cm³/mol. The normalized spacial score (nSPS) is 10.5. The standard InChI is InChI=1S/C24H20N2/c1-19-16-17-25-24(18-19)20-12-14-23(15-13-20)26(21-8-4-2-5-9-21)22-10-6-3-7-11-22/h2-18H,1H3. The summed E-state index contributed by atoms with van der Waals surface area (Å²) in [6, 6.07) is 33.6. The molecule has 3 aromatic carbocycles. The van der Waals surface area contributed by atoms with Gasteiger partial charge in [-0.25, -0.2) is 0 Å². The first kappa shape index (κ1) is 16.1. The second-order valence-electron chi connectivity index (χ2n) is 6.27. The summed E-state index contributed by atoms with van der Waals surface area (Å²) in [7, 11) is 0. The highest BCUT2D eigenvalue weighted by Gasteiger charge is 2.11. The fourth-order valence-electron chi connectivity index (χ4n) is 3.08. The Bertz CT molecular complexity index is 938. The van der Waals surface area contributed by atoms with Gasteiger partial charge >= 0.3 is 0 Å². The molecule has 1 heterocycles. The van der Waals surface area contributed by atoms with E-state index in [1.54, 1.807) is 0 Å². The predicted octanol–water partition coefficient (Wildman–Crippen LogP) is 6.53. The van der Waals surface area contributed by atoms with E-state index in [2.05, 4.69) is 95.7 Å².